The van der Waals surface area contributed by atoms with E-state index in [1.165, 1.54) is 20.3 Å². The molecule has 0 aliphatic carbocycles. The predicted molar refractivity (Wildman–Crippen MR) is 61.6 cm³/mol. The highest BCUT2D eigenvalue weighted by Gasteiger charge is 2.21. The zero-order valence-corrected chi connectivity index (χ0v) is 10.7. The number of hydrogen-bond donors (Lipinski definition) is 1. The Morgan fingerprint density at radius 3 is 2.18 bits per heavy atom. The highest BCUT2D eigenvalue weighted by atomic mass is 32.2. The van der Waals surface area contributed by atoms with Crippen LogP contribution in [0.5, 0.6) is 11.5 Å². The second-order valence-corrected chi connectivity index (χ2v) is 5.36. The van der Waals surface area contributed by atoms with Crippen LogP contribution in [-0.2, 0) is 21.3 Å². The van der Waals surface area contributed by atoms with Crippen molar-refractivity contribution in [2.24, 2.45) is 5.90 Å². The minimum atomic E-state index is -3.39. The summed E-state index contributed by atoms with van der Waals surface area (Å²) in [5.74, 6) is 5.45. The molecule has 0 fully saturated rings. The molecule has 1 aromatic carbocycles. The van der Waals surface area contributed by atoms with E-state index in [1.807, 2.05) is 0 Å². The molecule has 1 rings (SSSR count). The molecule has 0 atom stereocenters. The standard InChI is InChI=1S/C10H15NO5S/c1-14-9-7(6-16-11)4-5-8(10(9)15-2)17(3,12)13/h4-5H,6,11H2,1-3H3. The van der Waals surface area contributed by atoms with Crippen molar-refractivity contribution in [1.82, 2.24) is 0 Å². The summed E-state index contributed by atoms with van der Waals surface area (Å²) in [6.45, 7) is 0.101. The van der Waals surface area contributed by atoms with Crippen LogP contribution in [-0.4, -0.2) is 28.9 Å². The molecule has 0 saturated heterocycles. The van der Waals surface area contributed by atoms with Gasteiger partial charge >= 0.3 is 0 Å². The largest absolute Gasteiger partial charge is 0.492 e. The summed E-state index contributed by atoms with van der Waals surface area (Å²) in [5.41, 5.74) is 0.610. The van der Waals surface area contributed by atoms with Gasteiger partial charge in [0, 0.05) is 11.8 Å². The van der Waals surface area contributed by atoms with Crippen LogP contribution in [0.1, 0.15) is 5.56 Å². The molecule has 6 nitrogen and oxygen atoms in total. The number of benzene rings is 1. The lowest BCUT2D eigenvalue weighted by Crippen LogP contribution is -2.06. The van der Waals surface area contributed by atoms with E-state index < -0.39 is 9.84 Å². The van der Waals surface area contributed by atoms with Gasteiger partial charge in [-0.25, -0.2) is 14.3 Å². The first kappa shape index (κ1) is 13.8. The van der Waals surface area contributed by atoms with Crippen LogP contribution in [0.15, 0.2) is 17.0 Å². The van der Waals surface area contributed by atoms with Gasteiger partial charge in [0.2, 0.25) is 0 Å². The molecule has 0 aliphatic heterocycles. The molecule has 0 radical (unpaired) electrons. The van der Waals surface area contributed by atoms with Crippen LogP contribution < -0.4 is 15.4 Å². The average Bonchev–Trinajstić information content (AvgIpc) is 2.27. The van der Waals surface area contributed by atoms with Crippen molar-refractivity contribution in [2.75, 3.05) is 20.5 Å². The summed E-state index contributed by atoms with van der Waals surface area (Å²) in [6, 6.07) is 3.01. The van der Waals surface area contributed by atoms with Gasteiger partial charge in [-0.2, -0.15) is 0 Å². The van der Waals surface area contributed by atoms with E-state index >= 15 is 0 Å². The third-order valence-electron chi connectivity index (χ3n) is 2.20. The minimum absolute atomic E-state index is 0.0672. The van der Waals surface area contributed by atoms with Crippen LogP contribution in [0.4, 0.5) is 0 Å². The molecule has 1 aromatic rings. The molecule has 0 unspecified atom stereocenters. The molecule has 96 valence electrons. The van der Waals surface area contributed by atoms with E-state index in [2.05, 4.69) is 4.84 Å². The molecule has 0 aromatic heterocycles. The van der Waals surface area contributed by atoms with Gasteiger partial charge in [0.15, 0.2) is 21.3 Å². The second kappa shape index (κ2) is 5.35. The van der Waals surface area contributed by atoms with Crippen molar-refractivity contribution in [3.8, 4) is 11.5 Å². The SMILES string of the molecule is COc1c(CON)ccc(S(C)(=O)=O)c1OC. The number of nitrogens with two attached hydrogens (primary N) is 1. The first-order valence-electron chi connectivity index (χ1n) is 4.71. The van der Waals surface area contributed by atoms with Gasteiger partial charge in [-0.15, -0.1) is 0 Å². The number of ether oxygens (including phenoxy) is 2. The Labute approximate surface area is 100 Å². The van der Waals surface area contributed by atoms with Crippen LogP contribution in [0.25, 0.3) is 0 Å². The van der Waals surface area contributed by atoms with Gasteiger partial charge in [-0.05, 0) is 6.07 Å². The van der Waals surface area contributed by atoms with Crippen molar-refractivity contribution in [1.29, 1.82) is 0 Å². The summed E-state index contributed by atoms with van der Waals surface area (Å²) in [7, 11) is -0.592. The zero-order valence-electron chi connectivity index (χ0n) is 9.89. The fraction of sp³-hybridized carbons (Fsp3) is 0.400. The molecular weight excluding hydrogens is 246 g/mol. The van der Waals surface area contributed by atoms with E-state index in [9.17, 15) is 8.42 Å². The summed E-state index contributed by atoms with van der Waals surface area (Å²) >= 11 is 0. The molecule has 0 heterocycles. The fourth-order valence-corrected chi connectivity index (χ4v) is 2.33. The van der Waals surface area contributed by atoms with Crippen LogP contribution >= 0.6 is 0 Å². The minimum Gasteiger partial charge on any atom is -0.492 e. The maximum atomic E-state index is 11.6. The molecule has 2 N–H and O–H groups in total. The third-order valence-corrected chi connectivity index (χ3v) is 3.32. The quantitative estimate of drug-likeness (QED) is 0.776. The van der Waals surface area contributed by atoms with Crippen molar-refractivity contribution in [2.45, 2.75) is 11.5 Å². The van der Waals surface area contributed by atoms with Crippen molar-refractivity contribution < 1.29 is 22.7 Å². The van der Waals surface area contributed by atoms with E-state index in [0.29, 0.717) is 11.3 Å². The summed E-state index contributed by atoms with van der Waals surface area (Å²) < 4.78 is 33.3. The number of methoxy groups -OCH3 is 2. The lowest BCUT2D eigenvalue weighted by atomic mass is 10.2. The number of hydrogen-bond acceptors (Lipinski definition) is 6. The van der Waals surface area contributed by atoms with Gasteiger partial charge < -0.3 is 9.47 Å². The summed E-state index contributed by atoms with van der Waals surface area (Å²) in [6.07, 6.45) is 1.10. The van der Waals surface area contributed by atoms with Gasteiger partial charge in [-0.1, -0.05) is 6.07 Å². The maximum absolute atomic E-state index is 11.6. The Bertz CT molecular complexity index is 498. The molecule has 7 heteroatoms. The van der Waals surface area contributed by atoms with Gasteiger partial charge in [0.1, 0.15) is 4.90 Å². The first-order chi connectivity index (χ1) is 7.95. The van der Waals surface area contributed by atoms with Crippen LogP contribution in [0.2, 0.25) is 0 Å². The number of sulfone groups is 1. The van der Waals surface area contributed by atoms with E-state index in [0.717, 1.165) is 6.26 Å². The topological polar surface area (TPSA) is 87.9 Å². The van der Waals surface area contributed by atoms with Gasteiger partial charge in [0.25, 0.3) is 0 Å². The van der Waals surface area contributed by atoms with Crippen molar-refractivity contribution >= 4 is 9.84 Å². The van der Waals surface area contributed by atoms with Crippen LogP contribution in [0.3, 0.4) is 0 Å². The maximum Gasteiger partial charge on any atom is 0.179 e. The Hall–Kier alpha value is -1.31. The Morgan fingerprint density at radius 2 is 1.76 bits per heavy atom. The highest BCUT2D eigenvalue weighted by Crippen LogP contribution is 2.37. The molecule has 0 saturated carbocycles. The normalized spacial score (nSPS) is 11.3. The second-order valence-electron chi connectivity index (χ2n) is 3.37. The molecule has 17 heavy (non-hydrogen) atoms. The molecule has 0 aliphatic rings. The Balaban J connectivity index is 3.48. The van der Waals surface area contributed by atoms with E-state index in [1.54, 1.807) is 6.07 Å². The van der Waals surface area contributed by atoms with Gasteiger partial charge in [0.05, 0.1) is 20.8 Å². The molecule has 0 amide bonds. The Kier molecular flexibility index (Phi) is 4.33. The van der Waals surface area contributed by atoms with Crippen molar-refractivity contribution in [3.05, 3.63) is 17.7 Å². The van der Waals surface area contributed by atoms with Gasteiger partial charge in [-0.3, -0.25) is 4.84 Å². The Morgan fingerprint density at radius 1 is 1.18 bits per heavy atom. The smallest absolute Gasteiger partial charge is 0.179 e. The number of rotatable bonds is 5. The summed E-state index contributed by atoms with van der Waals surface area (Å²) in [4.78, 5) is 4.58. The molecule has 0 bridgehead atoms. The fourth-order valence-electron chi connectivity index (χ4n) is 1.50. The molecular formula is C10H15NO5S. The lowest BCUT2D eigenvalue weighted by molar-refractivity contribution is 0.121. The first-order valence-corrected chi connectivity index (χ1v) is 6.60. The highest BCUT2D eigenvalue weighted by molar-refractivity contribution is 7.90. The molecule has 0 spiro atoms. The van der Waals surface area contributed by atoms with E-state index in [-0.39, 0.29) is 17.3 Å². The van der Waals surface area contributed by atoms with Crippen molar-refractivity contribution in [3.63, 3.8) is 0 Å². The van der Waals surface area contributed by atoms with E-state index in [4.69, 9.17) is 15.4 Å². The third kappa shape index (κ3) is 2.87. The predicted octanol–water partition coefficient (Wildman–Crippen LogP) is 0.498. The summed E-state index contributed by atoms with van der Waals surface area (Å²) in [5, 5.41) is 0. The monoisotopic (exact) mass is 261 g/mol. The lowest BCUT2D eigenvalue weighted by Gasteiger charge is -2.15. The zero-order chi connectivity index (χ0) is 13.1. The average molecular weight is 261 g/mol. The van der Waals surface area contributed by atoms with Crippen LogP contribution in [0, 0.1) is 0 Å².